The first kappa shape index (κ1) is 18.8. The number of nitrogens with one attached hydrogen (secondary N) is 1. The van der Waals surface area contributed by atoms with Gasteiger partial charge in [-0.3, -0.25) is 4.79 Å². The van der Waals surface area contributed by atoms with E-state index in [1.165, 1.54) is 0 Å². The molecular weight excluding hydrogens is 340 g/mol. The summed E-state index contributed by atoms with van der Waals surface area (Å²) < 4.78 is 5.36. The van der Waals surface area contributed by atoms with Crippen molar-refractivity contribution in [3.05, 3.63) is 69.7 Å². The van der Waals surface area contributed by atoms with Crippen LogP contribution in [0, 0.1) is 13.8 Å². The van der Waals surface area contributed by atoms with E-state index >= 15 is 0 Å². The van der Waals surface area contributed by atoms with Gasteiger partial charge in [0.25, 0.3) is 0 Å². The number of carbonyl (C=O) groups is 2. The molecule has 25 heavy (non-hydrogen) atoms. The Bertz CT molecular complexity index is 760. The molecule has 1 atom stereocenters. The minimum Gasteiger partial charge on any atom is -0.461 e. The third kappa shape index (κ3) is 5.80. The molecule has 0 saturated heterocycles. The van der Waals surface area contributed by atoms with E-state index in [1.54, 1.807) is 24.3 Å². The molecule has 6 heteroatoms. The molecule has 2 rings (SSSR count). The highest BCUT2D eigenvalue weighted by molar-refractivity contribution is 6.30. The van der Waals surface area contributed by atoms with Gasteiger partial charge in [-0.15, -0.1) is 0 Å². The van der Waals surface area contributed by atoms with Crippen molar-refractivity contribution in [2.45, 2.75) is 32.9 Å². The fraction of sp³-hybridized carbons (Fsp3) is 0.263. The number of hydrogen-bond acceptors (Lipinski definition) is 3. The van der Waals surface area contributed by atoms with E-state index in [-0.39, 0.29) is 13.0 Å². The van der Waals surface area contributed by atoms with E-state index < -0.39 is 18.0 Å². The summed E-state index contributed by atoms with van der Waals surface area (Å²) in [6, 6.07) is 11.6. The number of rotatable bonds is 6. The van der Waals surface area contributed by atoms with Gasteiger partial charge < -0.3 is 15.8 Å². The van der Waals surface area contributed by atoms with Gasteiger partial charge in [-0.25, -0.2) is 4.79 Å². The molecule has 2 amide bonds. The maximum absolute atomic E-state index is 12.2. The second kappa shape index (κ2) is 8.53. The van der Waals surface area contributed by atoms with Gasteiger partial charge in [-0.1, -0.05) is 47.5 Å². The fourth-order valence-corrected chi connectivity index (χ4v) is 2.58. The predicted molar refractivity (Wildman–Crippen MR) is 97.2 cm³/mol. The van der Waals surface area contributed by atoms with Gasteiger partial charge in [0.2, 0.25) is 0 Å². The number of urea groups is 1. The summed E-state index contributed by atoms with van der Waals surface area (Å²) in [5.74, 6) is -0.422. The van der Waals surface area contributed by atoms with Crippen LogP contribution in [0.4, 0.5) is 4.79 Å². The normalized spacial score (nSPS) is 11.6. The molecule has 3 N–H and O–H groups in total. The van der Waals surface area contributed by atoms with Crippen molar-refractivity contribution in [2.75, 3.05) is 0 Å². The summed E-state index contributed by atoms with van der Waals surface area (Å²) in [7, 11) is 0. The molecule has 5 nitrogen and oxygen atoms in total. The van der Waals surface area contributed by atoms with Crippen molar-refractivity contribution in [1.82, 2.24) is 5.32 Å². The topological polar surface area (TPSA) is 81.4 Å². The third-order valence-corrected chi connectivity index (χ3v) is 4.10. The summed E-state index contributed by atoms with van der Waals surface area (Å²) in [4.78, 5) is 23.4. The van der Waals surface area contributed by atoms with Crippen molar-refractivity contribution in [3.8, 4) is 0 Å². The second-order valence-corrected chi connectivity index (χ2v) is 6.34. The molecule has 0 saturated carbocycles. The first-order valence-electron chi connectivity index (χ1n) is 7.88. The van der Waals surface area contributed by atoms with Gasteiger partial charge in [0.1, 0.15) is 6.61 Å². The summed E-state index contributed by atoms with van der Waals surface area (Å²) in [5, 5.41) is 3.13. The number of aryl methyl sites for hydroxylation is 2. The van der Waals surface area contributed by atoms with Crippen LogP contribution in [0.5, 0.6) is 0 Å². The average molecular weight is 361 g/mol. The molecule has 0 fully saturated rings. The van der Waals surface area contributed by atoms with Crippen LogP contribution in [0.3, 0.4) is 0 Å². The highest BCUT2D eigenvalue weighted by Gasteiger charge is 2.18. The van der Waals surface area contributed by atoms with Gasteiger partial charge in [-0.2, -0.15) is 0 Å². The molecule has 0 unspecified atom stereocenters. The number of carbonyl (C=O) groups excluding carboxylic acids is 2. The van der Waals surface area contributed by atoms with E-state index in [0.717, 1.165) is 22.3 Å². The largest absolute Gasteiger partial charge is 0.461 e. The quantitative estimate of drug-likeness (QED) is 0.769. The van der Waals surface area contributed by atoms with Crippen LogP contribution in [0.2, 0.25) is 5.02 Å². The number of amides is 2. The standard InChI is InChI=1S/C19H21ClN2O3/c1-12-3-4-13(2)15(9-12)11-25-18(23)10-17(22-19(21)24)14-5-7-16(20)8-6-14/h3-9,17H,10-11H2,1-2H3,(H3,21,22,24)/t17-/m0/s1. The predicted octanol–water partition coefficient (Wildman–Crippen LogP) is 3.80. The van der Waals surface area contributed by atoms with Crippen LogP contribution in [-0.4, -0.2) is 12.0 Å². The molecule has 0 aromatic heterocycles. The van der Waals surface area contributed by atoms with Crippen molar-refractivity contribution in [3.63, 3.8) is 0 Å². The number of nitrogens with two attached hydrogens (primary N) is 1. The monoisotopic (exact) mass is 360 g/mol. The lowest BCUT2D eigenvalue weighted by Crippen LogP contribution is -2.34. The zero-order valence-corrected chi connectivity index (χ0v) is 15.0. The first-order valence-corrected chi connectivity index (χ1v) is 8.26. The Labute approximate surface area is 152 Å². The number of ether oxygens (including phenoxy) is 1. The van der Waals surface area contributed by atoms with Crippen molar-refractivity contribution in [1.29, 1.82) is 0 Å². The molecule has 0 aliphatic rings. The molecule has 0 heterocycles. The minimum atomic E-state index is -0.706. The molecule has 0 spiro atoms. The van der Waals surface area contributed by atoms with Gasteiger partial charge in [0, 0.05) is 5.02 Å². The van der Waals surface area contributed by atoms with Crippen LogP contribution in [0.25, 0.3) is 0 Å². The Morgan fingerprint density at radius 2 is 1.84 bits per heavy atom. The first-order chi connectivity index (χ1) is 11.8. The minimum absolute atomic E-state index is 0.0184. The van der Waals surface area contributed by atoms with Crippen molar-refractivity contribution < 1.29 is 14.3 Å². The highest BCUT2D eigenvalue weighted by atomic mass is 35.5. The number of benzene rings is 2. The summed E-state index contributed by atoms with van der Waals surface area (Å²) in [6.07, 6.45) is -0.0184. The molecule has 0 bridgehead atoms. The fourth-order valence-electron chi connectivity index (χ4n) is 2.46. The molecule has 132 valence electrons. The van der Waals surface area contributed by atoms with Crippen LogP contribution >= 0.6 is 11.6 Å². The van der Waals surface area contributed by atoms with E-state index in [4.69, 9.17) is 22.1 Å². The zero-order valence-electron chi connectivity index (χ0n) is 14.2. The van der Waals surface area contributed by atoms with E-state index in [1.807, 2.05) is 32.0 Å². The van der Waals surface area contributed by atoms with E-state index in [2.05, 4.69) is 5.32 Å². The Morgan fingerprint density at radius 3 is 2.48 bits per heavy atom. The lowest BCUT2D eigenvalue weighted by molar-refractivity contribution is -0.145. The lowest BCUT2D eigenvalue weighted by Gasteiger charge is -2.17. The highest BCUT2D eigenvalue weighted by Crippen LogP contribution is 2.20. The number of halogens is 1. The number of primary amides is 1. The maximum Gasteiger partial charge on any atom is 0.312 e. The summed E-state index contributed by atoms with van der Waals surface area (Å²) in [5.41, 5.74) is 9.06. The maximum atomic E-state index is 12.2. The SMILES string of the molecule is Cc1ccc(C)c(COC(=O)C[C@H](NC(N)=O)c2ccc(Cl)cc2)c1. The molecule has 0 radical (unpaired) electrons. The Kier molecular flexibility index (Phi) is 6.42. The molecule has 2 aromatic carbocycles. The Balaban J connectivity index is 2.02. The smallest absolute Gasteiger partial charge is 0.312 e. The van der Waals surface area contributed by atoms with Gasteiger partial charge in [0.05, 0.1) is 12.5 Å². The van der Waals surface area contributed by atoms with E-state index in [0.29, 0.717) is 5.02 Å². The summed E-state index contributed by atoms with van der Waals surface area (Å²) in [6.45, 7) is 4.14. The molecular formula is C19H21ClN2O3. The van der Waals surface area contributed by atoms with Crippen LogP contribution in [0.1, 0.15) is 34.7 Å². The molecule has 2 aromatic rings. The second-order valence-electron chi connectivity index (χ2n) is 5.91. The third-order valence-electron chi connectivity index (χ3n) is 3.85. The van der Waals surface area contributed by atoms with Crippen LogP contribution < -0.4 is 11.1 Å². The van der Waals surface area contributed by atoms with Crippen LogP contribution in [0.15, 0.2) is 42.5 Å². The van der Waals surface area contributed by atoms with Gasteiger partial charge >= 0.3 is 12.0 Å². The van der Waals surface area contributed by atoms with E-state index in [9.17, 15) is 9.59 Å². The lowest BCUT2D eigenvalue weighted by atomic mass is 10.0. The number of esters is 1. The molecule has 0 aliphatic carbocycles. The zero-order chi connectivity index (χ0) is 18.4. The van der Waals surface area contributed by atoms with Gasteiger partial charge in [0.15, 0.2) is 0 Å². The Morgan fingerprint density at radius 1 is 1.16 bits per heavy atom. The number of hydrogen-bond donors (Lipinski definition) is 2. The van der Waals surface area contributed by atoms with Crippen molar-refractivity contribution in [2.24, 2.45) is 5.73 Å². The molecule has 0 aliphatic heterocycles. The van der Waals surface area contributed by atoms with Crippen molar-refractivity contribution >= 4 is 23.6 Å². The Hall–Kier alpha value is -2.53. The van der Waals surface area contributed by atoms with Gasteiger partial charge in [-0.05, 0) is 42.7 Å². The summed E-state index contributed by atoms with van der Waals surface area (Å²) >= 11 is 5.87. The van der Waals surface area contributed by atoms with Crippen LogP contribution in [-0.2, 0) is 16.1 Å². The average Bonchev–Trinajstić information content (AvgIpc) is 2.55.